The van der Waals surface area contributed by atoms with Crippen molar-refractivity contribution < 1.29 is 9.53 Å². The number of aromatic nitrogens is 1. The molecule has 0 amide bonds. The average molecular weight is 283 g/mol. The van der Waals surface area contributed by atoms with Gasteiger partial charge < -0.3 is 10.5 Å². The summed E-state index contributed by atoms with van der Waals surface area (Å²) >= 11 is 7.33. The van der Waals surface area contributed by atoms with E-state index in [9.17, 15) is 4.79 Å². The fraction of sp³-hybridized carbons (Fsp3) is 0.167. The minimum absolute atomic E-state index is 0.217. The number of anilines is 1. The lowest BCUT2D eigenvalue weighted by Crippen LogP contribution is -2.10. The lowest BCUT2D eigenvalue weighted by atomic mass is 10.2. The number of nitrogen functional groups attached to an aromatic ring is 1. The van der Waals surface area contributed by atoms with Gasteiger partial charge in [0.2, 0.25) is 0 Å². The van der Waals surface area contributed by atoms with Crippen LogP contribution >= 0.6 is 22.9 Å². The highest BCUT2D eigenvalue weighted by Crippen LogP contribution is 2.16. The van der Waals surface area contributed by atoms with E-state index in [0.29, 0.717) is 13.0 Å². The Kier molecular flexibility index (Phi) is 4.17. The van der Waals surface area contributed by atoms with Crippen LogP contribution in [0.25, 0.3) is 0 Å². The van der Waals surface area contributed by atoms with Gasteiger partial charge >= 0.3 is 5.97 Å². The number of esters is 1. The highest BCUT2D eigenvalue weighted by Gasteiger charge is 2.12. The number of ether oxygens (including phenoxy) is 1. The summed E-state index contributed by atoms with van der Waals surface area (Å²) in [6.45, 7) is 0.318. The van der Waals surface area contributed by atoms with Gasteiger partial charge in [-0.15, -0.1) is 11.3 Å². The first-order chi connectivity index (χ1) is 8.66. The van der Waals surface area contributed by atoms with E-state index >= 15 is 0 Å². The van der Waals surface area contributed by atoms with Gasteiger partial charge in [0.05, 0.1) is 24.1 Å². The van der Waals surface area contributed by atoms with Gasteiger partial charge in [-0.25, -0.2) is 9.78 Å². The summed E-state index contributed by atoms with van der Waals surface area (Å²) in [6, 6.07) is 5.36. The molecule has 0 aliphatic heterocycles. The third-order valence-electron chi connectivity index (χ3n) is 2.28. The second-order valence-corrected chi connectivity index (χ2v) is 4.98. The second-order valence-electron chi connectivity index (χ2n) is 3.56. The molecule has 4 nitrogen and oxygen atoms in total. The van der Waals surface area contributed by atoms with Crippen molar-refractivity contribution in [2.24, 2.45) is 0 Å². The molecule has 0 saturated carbocycles. The topological polar surface area (TPSA) is 65.2 Å². The van der Waals surface area contributed by atoms with Gasteiger partial charge in [-0.05, 0) is 17.5 Å². The number of hydrogen-bond donors (Lipinski definition) is 1. The molecule has 0 aliphatic carbocycles. The fourth-order valence-corrected chi connectivity index (χ4v) is 2.24. The zero-order valence-corrected chi connectivity index (χ0v) is 11.0. The van der Waals surface area contributed by atoms with Crippen molar-refractivity contribution in [1.29, 1.82) is 0 Å². The Morgan fingerprint density at radius 1 is 1.56 bits per heavy atom. The summed E-state index contributed by atoms with van der Waals surface area (Å²) in [5, 5.41) is 2.20. The number of thiophene rings is 1. The van der Waals surface area contributed by atoms with Gasteiger partial charge in [0.25, 0.3) is 0 Å². The standard InChI is InChI=1S/C12H11ClN2O2S/c13-11-6-9(10(14)7-15-11)12(16)17-4-3-8-2-1-5-18-8/h1-2,5-7H,3-4,14H2. The van der Waals surface area contributed by atoms with Gasteiger partial charge in [-0.2, -0.15) is 0 Å². The zero-order chi connectivity index (χ0) is 13.0. The van der Waals surface area contributed by atoms with E-state index in [0.717, 1.165) is 0 Å². The Morgan fingerprint density at radius 3 is 3.11 bits per heavy atom. The summed E-state index contributed by atoms with van der Waals surface area (Å²) in [4.78, 5) is 16.7. The second kappa shape index (κ2) is 5.84. The third kappa shape index (κ3) is 3.21. The van der Waals surface area contributed by atoms with Crippen molar-refractivity contribution >= 4 is 34.6 Å². The number of nitrogens with zero attached hydrogens (tertiary/aromatic N) is 1. The summed E-state index contributed by atoms with van der Waals surface area (Å²) in [6.07, 6.45) is 2.04. The number of carbonyl (C=O) groups is 1. The third-order valence-corrected chi connectivity index (χ3v) is 3.43. The Labute approximate surface area is 113 Å². The van der Waals surface area contributed by atoms with Crippen LogP contribution < -0.4 is 5.73 Å². The SMILES string of the molecule is Nc1cnc(Cl)cc1C(=O)OCCc1cccs1. The summed E-state index contributed by atoms with van der Waals surface area (Å²) in [7, 11) is 0. The van der Waals surface area contributed by atoms with Crippen molar-refractivity contribution in [2.75, 3.05) is 12.3 Å². The quantitative estimate of drug-likeness (QED) is 0.692. The first-order valence-electron chi connectivity index (χ1n) is 5.27. The fourth-order valence-electron chi connectivity index (χ4n) is 1.39. The van der Waals surface area contributed by atoms with Crippen LogP contribution in [0.1, 0.15) is 15.2 Å². The van der Waals surface area contributed by atoms with E-state index in [-0.39, 0.29) is 16.4 Å². The van der Waals surface area contributed by atoms with E-state index in [4.69, 9.17) is 22.1 Å². The molecule has 0 spiro atoms. The number of rotatable bonds is 4. The van der Waals surface area contributed by atoms with Crippen LogP contribution in [0.2, 0.25) is 5.15 Å². The molecule has 94 valence electrons. The number of hydrogen-bond acceptors (Lipinski definition) is 5. The molecule has 0 fully saturated rings. The minimum atomic E-state index is -0.478. The normalized spacial score (nSPS) is 10.3. The lowest BCUT2D eigenvalue weighted by molar-refractivity contribution is 0.0511. The molecule has 0 radical (unpaired) electrons. The Hall–Kier alpha value is -1.59. The predicted molar refractivity (Wildman–Crippen MR) is 72.0 cm³/mol. The number of halogens is 1. The maximum atomic E-state index is 11.8. The first kappa shape index (κ1) is 12.9. The van der Waals surface area contributed by atoms with Crippen molar-refractivity contribution in [3.8, 4) is 0 Å². The number of pyridine rings is 1. The lowest BCUT2D eigenvalue weighted by Gasteiger charge is -2.06. The zero-order valence-electron chi connectivity index (χ0n) is 9.43. The molecule has 0 bridgehead atoms. The molecule has 0 saturated heterocycles. The van der Waals surface area contributed by atoms with Crippen LogP contribution in [-0.2, 0) is 11.2 Å². The van der Waals surface area contributed by atoms with E-state index in [1.165, 1.54) is 17.1 Å². The van der Waals surface area contributed by atoms with E-state index in [2.05, 4.69) is 4.98 Å². The molecule has 0 atom stereocenters. The van der Waals surface area contributed by atoms with Gasteiger partial charge in [-0.3, -0.25) is 0 Å². The van der Waals surface area contributed by atoms with Crippen LogP contribution in [-0.4, -0.2) is 17.6 Å². The molecule has 0 unspecified atom stereocenters. The van der Waals surface area contributed by atoms with Crippen LogP contribution in [0.4, 0.5) is 5.69 Å². The predicted octanol–water partition coefficient (Wildman–Crippen LogP) is 2.78. The Bertz CT molecular complexity index is 543. The molecule has 0 aliphatic rings. The molecule has 2 N–H and O–H groups in total. The highest BCUT2D eigenvalue weighted by molar-refractivity contribution is 7.09. The largest absolute Gasteiger partial charge is 0.462 e. The maximum absolute atomic E-state index is 11.8. The van der Waals surface area contributed by atoms with Crippen molar-refractivity contribution in [1.82, 2.24) is 4.98 Å². The molecule has 18 heavy (non-hydrogen) atoms. The highest BCUT2D eigenvalue weighted by atomic mass is 35.5. The maximum Gasteiger partial charge on any atom is 0.340 e. The van der Waals surface area contributed by atoms with Gasteiger partial charge in [0.15, 0.2) is 0 Å². The van der Waals surface area contributed by atoms with E-state index < -0.39 is 5.97 Å². The van der Waals surface area contributed by atoms with Crippen LogP contribution in [0.3, 0.4) is 0 Å². The molecule has 2 rings (SSSR count). The molecular weight excluding hydrogens is 272 g/mol. The molecule has 2 heterocycles. The van der Waals surface area contributed by atoms with Crippen molar-refractivity contribution in [2.45, 2.75) is 6.42 Å². The van der Waals surface area contributed by atoms with E-state index in [1.807, 2.05) is 17.5 Å². The molecule has 0 aromatic carbocycles. The smallest absolute Gasteiger partial charge is 0.340 e. The van der Waals surface area contributed by atoms with Crippen LogP contribution in [0, 0.1) is 0 Å². The van der Waals surface area contributed by atoms with Gasteiger partial charge in [0, 0.05) is 11.3 Å². The molecular formula is C12H11ClN2O2S. The van der Waals surface area contributed by atoms with Crippen molar-refractivity contribution in [3.63, 3.8) is 0 Å². The average Bonchev–Trinajstić information content (AvgIpc) is 2.85. The van der Waals surface area contributed by atoms with Crippen LogP contribution in [0.5, 0.6) is 0 Å². The molecule has 2 aromatic rings. The Morgan fingerprint density at radius 2 is 2.39 bits per heavy atom. The van der Waals surface area contributed by atoms with Gasteiger partial charge in [-0.1, -0.05) is 17.7 Å². The van der Waals surface area contributed by atoms with Crippen LogP contribution in [0.15, 0.2) is 29.8 Å². The summed E-state index contributed by atoms with van der Waals surface area (Å²) < 4.78 is 5.14. The number of nitrogens with two attached hydrogens (primary N) is 1. The number of carbonyl (C=O) groups excluding carboxylic acids is 1. The van der Waals surface area contributed by atoms with Gasteiger partial charge in [0.1, 0.15) is 5.15 Å². The molecule has 2 aromatic heterocycles. The first-order valence-corrected chi connectivity index (χ1v) is 6.53. The Balaban J connectivity index is 1.93. The van der Waals surface area contributed by atoms with E-state index in [1.54, 1.807) is 11.3 Å². The minimum Gasteiger partial charge on any atom is -0.462 e. The summed E-state index contributed by atoms with van der Waals surface area (Å²) in [5.41, 5.74) is 6.15. The molecule has 6 heteroatoms. The summed E-state index contributed by atoms with van der Waals surface area (Å²) in [5.74, 6) is -0.478. The monoisotopic (exact) mass is 282 g/mol. The van der Waals surface area contributed by atoms with Crippen molar-refractivity contribution in [3.05, 3.63) is 45.4 Å².